The van der Waals surface area contributed by atoms with Crippen molar-refractivity contribution in [3.63, 3.8) is 0 Å². The van der Waals surface area contributed by atoms with E-state index in [0.717, 1.165) is 11.3 Å². The highest BCUT2D eigenvalue weighted by Gasteiger charge is 2.23. The SMILES string of the molecule is O=C1NCc2cn(-c3ccc(Cl)cc3)nc21. The zero-order valence-corrected chi connectivity index (χ0v) is 9.03. The summed E-state index contributed by atoms with van der Waals surface area (Å²) >= 11 is 5.80. The first kappa shape index (κ1) is 9.42. The number of fused-ring (bicyclic) bond motifs is 1. The van der Waals surface area contributed by atoms with Gasteiger partial charge in [-0.2, -0.15) is 5.10 Å². The van der Waals surface area contributed by atoms with Crippen LogP contribution in [-0.4, -0.2) is 15.7 Å². The molecular formula is C11H8ClN3O. The second kappa shape index (κ2) is 3.35. The minimum atomic E-state index is -0.109. The Balaban J connectivity index is 2.05. The number of rotatable bonds is 1. The van der Waals surface area contributed by atoms with Crippen LogP contribution in [0.5, 0.6) is 0 Å². The van der Waals surface area contributed by atoms with Crippen LogP contribution in [0.1, 0.15) is 16.1 Å². The van der Waals surface area contributed by atoms with Gasteiger partial charge in [0, 0.05) is 23.3 Å². The number of nitrogens with zero attached hydrogens (tertiary/aromatic N) is 2. The highest BCUT2D eigenvalue weighted by molar-refractivity contribution is 6.30. The molecule has 16 heavy (non-hydrogen) atoms. The summed E-state index contributed by atoms with van der Waals surface area (Å²) in [6.45, 7) is 0.557. The van der Waals surface area contributed by atoms with Crippen LogP contribution >= 0.6 is 11.6 Å². The highest BCUT2D eigenvalue weighted by Crippen LogP contribution is 2.18. The van der Waals surface area contributed by atoms with Crippen molar-refractivity contribution >= 4 is 17.5 Å². The summed E-state index contributed by atoms with van der Waals surface area (Å²) in [7, 11) is 0. The summed E-state index contributed by atoms with van der Waals surface area (Å²) in [5, 5.41) is 7.63. The van der Waals surface area contributed by atoms with Gasteiger partial charge in [0.1, 0.15) is 0 Å². The van der Waals surface area contributed by atoms with Gasteiger partial charge in [-0.3, -0.25) is 4.79 Å². The highest BCUT2D eigenvalue weighted by atomic mass is 35.5. The lowest BCUT2D eigenvalue weighted by atomic mass is 10.3. The number of nitrogens with one attached hydrogen (secondary N) is 1. The van der Waals surface area contributed by atoms with Gasteiger partial charge in [-0.15, -0.1) is 0 Å². The van der Waals surface area contributed by atoms with Crippen molar-refractivity contribution in [2.24, 2.45) is 0 Å². The minimum Gasteiger partial charge on any atom is -0.346 e. The Morgan fingerprint density at radius 3 is 2.75 bits per heavy atom. The predicted octanol–water partition coefficient (Wildman–Crippen LogP) is 1.77. The standard InChI is InChI=1S/C11H8ClN3O/c12-8-1-3-9(4-2-8)15-6-7-5-13-11(16)10(7)14-15/h1-4,6H,5H2,(H,13,16). The number of amides is 1. The first-order chi connectivity index (χ1) is 7.74. The van der Waals surface area contributed by atoms with E-state index in [2.05, 4.69) is 10.4 Å². The maximum absolute atomic E-state index is 11.4. The lowest BCUT2D eigenvalue weighted by Crippen LogP contribution is -2.15. The molecule has 2 aromatic rings. The number of hydrogen-bond donors (Lipinski definition) is 1. The Morgan fingerprint density at radius 2 is 2.06 bits per heavy atom. The van der Waals surface area contributed by atoms with Crippen molar-refractivity contribution in [3.8, 4) is 5.69 Å². The molecule has 1 aromatic carbocycles. The topological polar surface area (TPSA) is 46.9 Å². The molecule has 0 radical (unpaired) electrons. The fourth-order valence-electron chi connectivity index (χ4n) is 1.72. The molecule has 1 aromatic heterocycles. The molecule has 0 unspecified atom stereocenters. The fourth-order valence-corrected chi connectivity index (χ4v) is 1.84. The van der Waals surface area contributed by atoms with E-state index < -0.39 is 0 Å². The van der Waals surface area contributed by atoms with E-state index in [1.165, 1.54) is 0 Å². The number of benzene rings is 1. The van der Waals surface area contributed by atoms with Crippen molar-refractivity contribution in [1.82, 2.24) is 15.1 Å². The van der Waals surface area contributed by atoms with Crippen LogP contribution in [0.2, 0.25) is 5.02 Å². The third-order valence-electron chi connectivity index (χ3n) is 2.54. The Kier molecular flexibility index (Phi) is 1.97. The van der Waals surface area contributed by atoms with Crippen LogP contribution in [0, 0.1) is 0 Å². The molecule has 1 aliphatic rings. The zero-order chi connectivity index (χ0) is 11.1. The molecule has 0 bridgehead atoms. The van der Waals surface area contributed by atoms with Gasteiger partial charge in [0.25, 0.3) is 5.91 Å². The van der Waals surface area contributed by atoms with Gasteiger partial charge in [-0.05, 0) is 24.3 Å². The molecule has 0 saturated heterocycles. The van der Waals surface area contributed by atoms with E-state index in [1.807, 2.05) is 18.3 Å². The number of hydrogen-bond acceptors (Lipinski definition) is 2. The molecule has 0 spiro atoms. The predicted molar refractivity (Wildman–Crippen MR) is 59.7 cm³/mol. The Morgan fingerprint density at radius 1 is 1.31 bits per heavy atom. The molecule has 0 saturated carbocycles. The van der Waals surface area contributed by atoms with Crippen LogP contribution in [0.4, 0.5) is 0 Å². The summed E-state index contributed by atoms with van der Waals surface area (Å²) in [5.41, 5.74) is 2.33. The lowest BCUT2D eigenvalue weighted by Gasteiger charge is -2.01. The van der Waals surface area contributed by atoms with Crippen molar-refractivity contribution in [2.45, 2.75) is 6.54 Å². The van der Waals surface area contributed by atoms with E-state index in [-0.39, 0.29) is 5.91 Å². The molecule has 1 N–H and O–H groups in total. The Hall–Kier alpha value is -1.81. The van der Waals surface area contributed by atoms with Crippen molar-refractivity contribution in [3.05, 3.63) is 46.7 Å². The second-order valence-corrected chi connectivity index (χ2v) is 4.04. The van der Waals surface area contributed by atoms with Crippen molar-refractivity contribution < 1.29 is 4.79 Å². The maximum atomic E-state index is 11.4. The molecule has 3 rings (SSSR count). The van der Waals surface area contributed by atoms with Crippen LogP contribution < -0.4 is 5.32 Å². The summed E-state index contributed by atoms with van der Waals surface area (Å²) in [5.74, 6) is -0.109. The van der Waals surface area contributed by atoms with Crippen LogP contribution in [0.3, 0.4) is 0 Å². The summed E-state index contributed by atoms with van der Waals surface area (Å²) in [6, 6.07) is 7.32. The summed E-state index contributed by atoms with van der Waals surface area (Å²) < 4.78 is 1.69. The Labute approximate surface area is 96.8 Å². The largest absolute Gasteiger partial charge is 0.346 e. The third-order valence-corrected chi connectivity index (χ3v) is 2.79. The van der Waals surface area contributed by atoms with Crippen molar-refractivity contribution in [1.29, 1.82) is 0 Å². The molecule has 1 aliphatic heterocycles. The fraction of sp³-hybridized carbons (Fsp3) is 0.0909. The van der Waals surface area contributed by atoms with Gasteiger partial charge >= 0.3 is 0 Å². The molecule has 4 nitrogen and oxygen atoms in total. The van der Waals surface area contributed by atoms with Gasteiger partial charge in [0.05, 0.1) is 5.69 Å². The van der Waals surface area contributed by atoms with Gasteiger partial charge in [-0.25, -0.2) is 4.68 Å². The molecule has 1 amide bonds. The van der Waals surface area contributed by atoms with E-state index in [4.69, 9.17) is 11.6 Å². The molecule has 0 atom stereocenters. The minimum absolute atomic E-state index is 0.109. The average molecular weight is 234 g/mol. The maximum Gasteiger partial charge on any atom is 0.272 e. The average Bonchev–Trinajstić information content (AvgIpc) is 2.83. The van der Waals surface area contributed by atoms with E-state index >= 15 is 0 Å². The molecular weight excluding hydrogens is 226 g/mol. The van der Waals surface area contributed by atoms with Crippen LogP contribution in [-0.2, 0) is 6.54 Å². The number of halogens is 1. The smallest absolute Gasteiger partial charge is 0.272 e. The second-order valence-electron chi connectivity index (χ2n) is 3.61. The first-order valence-corrected chi connectivity index (χ1v) is 5.24. The number of carbonyl (C=O) groups is 1. The lowest BCUT2D eigenvalue weighted by molar-refractivity contribution is 0.0960. The van der Waals surface area contributed by atoms with E-state index in [0.29, 0.717) is 17.3 Å². The number of carbonyl (C=O) groups excluding carboxylic acids is 1. The normalized spacial score (nSPS) is 13.7. The number of aromatic nitrogens is 2. The molecule has 2 heterocycles. The van der Waals surface area contributed by atoms with Gasteiger partial charge in [0.2, 0.25) is 0 Å². The van der Waals surface area contributed by atoms with Crippen LogP contribution in [0.25, 0.3) is 5.69 Å². The summed E-state index contributed by atoms with van der Waals surface area (Å²) in [6.07, 6.45) is 1.86. The van der Waals surface area contributed by atoms with Gasteiger partial charge in [-0.1, -0.05) is 11.6 Å². The molecule has 0 fully saturated rings. The monoisotopic (exact) mass is 233 g/mol. The molecule has 80 valence electrons. The third kappa shape index (κ3) is 1.39. The van der Waals surface area contributed by atoms with Crippen molar-refractivity contribution in [2.75, 3.05) is 0 Å². The quantitative estimate of drug-likeness (QED) is 0.816. The molecule has 0 aliphatic carbocycles. The van der Waals surface area contributed by atoms with Gasteiger partial charge < -0.3 is 5.32 Å². The van der Waals surface area contributed by atoms with Gasteiger partial charge in [0.15, 0.2) is 5.69 Å². The van der Waals surface area contributed by atoms with E-state index in [9.17, 15) is 4.79 Å². The van der Waals surface area contributed by atoms with E-state index in [1.54, 1.807) is 16.8 Å². The zero-order valence-electron chi connectivity index (χ0n) is 8.27. The van der Waals surface area contributed by atoms with Crippen LogP contribution in [0.15, 0.2) is 30.5 Å². The summed E-state index contributed by atoms with van der Waals surface area (Å²) in [4.78, 5) is 11.4. The Bertz CT molecular complexity index is 559. The molecule has 5 heteroatoms. The first-order valence-electron chi connectivity index (χ1n) is 4.87.